The van der Waals surface area contributed by atoms with Crippen molar-refractivity contribution < 1.29 is 40.1 Å². The van der Waals surface area contributed by atoms with Crippen LogP contribution in [-0.4, -0.2) is 0 Å². The molecular formula is C42H26O. The zero-order valence-corrected chi connectivity index (χ0v) is 21.4. The molecule has 0 aliphatic carbocycles. The lowest BCUT2D eigenvalue weighted by atomic mass is 9.85. The normalized spacial score (nSPS) is 20.2. The Morgan fingerprint density at radius 1 is 0.372 bits per heavy atom. The Labute approximate surface area is 285 Å². The molecular weight excluding hydrogens is 520 g/mol. The Bertz CT molecular complexity index is 3860. The lowest BCUT2D eigenvalue weighted by Crippen LogP contribution is -1.91. The number of hydrogen-bond acceptors (Lipinski definition) is 1. The van der Waals surface area contributed by atoms with Crippen molar-refractivity contribution in [1.82, 2.24) is 0 Å². The lowest BCUT2D eigenvalue weighted by molar-refractivity contribution is 0.670. The molecule has 0 atom stereocenters. The van der Waals surface area contributed by atoms with E-state index < -0.39 is 245 Å². The fourth-order valence-electron chi connectivity index (χ4n) is 5.13. The van der Waals surface area contributed by atoms with Crippen molar-refractivity contribution in [1.29, 1.82) is 0 Å². The van der Waals surface area contributed by atoms with E-state index in [9.17, 15) is 12.3 Å². The first-order valence-electron chi connectivity index (χ1n) is 25.7. The van der Waals surface area contributed by atoms with Gasteiger partial charge in [-0.25, -0.2) is 0 Å². The van der Waals surface area contributed by atoms with Gasteiger partial charge in [-0.1, -0.05) is 139 Å². The van der Waals surface area contributed by atoms with E-state index >= 15 is 0 Å². The molecule has 1 heteroatoms. The van der Waals surface area contributed by atoms with Gasteiger partial charge in [0.15, 0.2) is 0 Å². The van der Waals surface area contributed by atoms with E-state index in [1.807, 2.05) is 0 Å². The minimum atomic E-state index is -0.979. The predicted molar refractivity (Wildman–Crippen MR) is 183 cm³/mol. The lowest BCUT2D eigenvalue weighted by Gasteiger charge is -2.18. The molecule has 200 valence electrons. The summed E-state index contributed by atoms with van der Waals surface area (Å²) in [5.41, 5.74) is -5.44. The molecule has 1 heterocycles. The van der Waals surface area contributed by atoms with Crippen LogP contribution < -0.4 is 0 Å². The third-order valence-corrected chi connectivity index (χ3v) is 6.94. The Balaban J connectivity index is 1.59. The third kappa shape index (κ3) is 3.72. The molecule has 0 spiro atoms. The van der Waals surface area contributed by atoms with Crippen molar-refractivity contribution in [2.75, 3.05) is 0 Å². The second-order valence-electron chi connectivity index (χ2n) is 9.26. The number of fused-ring (bicyclic) bond motifs is 6. The summed E-state index contributed by atoms with van der Waals surface area (Å²) < 4.78 is 237. The Hall–Kier alpha value is -5.66. The third-order valence-electron chi connectivity index (χ3n) is 6.94. The van der Waals surface area contributed by atoms with E-state index in [2.05, 4.69) is 0 Å². The van der Waals surface area contributed by atoms with Gasteiger partial charge >= 0.3 is 0 Å². The standard InChI is InChI=1S/C42H26O/c1-2-12-28(13-3-1)32-19-10-20-37-38-26-31(23-24-39(38)43-42(32)37)41-35-17-8-6-15-33(35)40(34-16-7-9-18-36(34)41)30-22-21-27-11-4-5-14-29(27)25-30/h1-26H/i1D,2D,3D,4D,5D,6D,7D,8D,9D,10D,11D,12D,13D,14D,15D,16D,17D,18D,19D,20D,21D,22D,23D,24D,25D,26D. The van der Waals surface area contributed by atoms with Crippen LogP contribution in [0.3, 0.4) is 0 Å². The molecule has 0 fully saturated rings. The summed E-state index contributed by atoms with van der Waals surface area (Å²) in [5.74, 6) is 0. The summed E-state index contributed by atoms with van der Waals surface area (Å²) in [7, 11) is 0. The average Bonchev–Trinajstić information content (AvgIpc) is 3.72. The van der Waals surface area contributed by atoms with E-state index in [1.165, 1.54) is 0 Å². The Morgan fingerprint density at radius 3 is 1.63 bits per heavy atom. The average molecular weight is 573 g/mol. The fourth-order valence-corrected chi connectivity index (χ4v) is 5.13. The number of hydrogen-bond donors (Lipinski definition) is 0. The van der Waals surface area contributed by atoms with Gasteiger partial charge in [0.25, 0.3) is 0 Å². The van der Waals surface area contributed by atoms with Crippen LogP contribution in [0.15, 0.2) is 162 Å². The molecule has 0 saturated carbocycles. The van der Waals surface area contributed by atoms with Gasteiger partial charge in [-0.3, -0.25) is 0 Å². The number of rotatable bonds is 3. The molecule has 8 aromatic carbocycles. The monoisotopic (exact) mass is 572 g/mol. The maximum absolute atomic E-state index is 9.81. The highest BCUT2D eigenvalue weighted by atomic mass is 16.3. The first kappa shape index (κ1) is 9.69. The van der Waals surface area contributed by atoms with Gasteiger partial charge in [-0.2, -0.15) is 0 Å². The summed E-state index contributed by atoms with van der Waals surface area (Å²) in [4.78, 5) is 0. The summed E-state index contributed by atoms with van der Waals surface area (Å²) in [6, 6.07) is -23.3. The summed E-state index contributed by atoms with van der Waals surface area (Å²) in [6.07, 6.45) is 0. The molecule has 9 aromatic rings. The van der Waals surface area contributed by atoms with Gasteiger partial charge in [0.1, 0.15) is 11.2 Å². The predicted octanol–water partition coefficient (Wildman–Crippen LogP) is 12.0. The molecule has 0 unspecified atom stereocenters. The molecule has 1 aromatic heterocycles. The van der Waals surface area contributed by atoms with Crippen molar-refractivity contribution in [3.05, 3.63) is 157 Å². The number of benzene rings is 8. The fraction of sp³-hybridized carbons (Fsp3) is 0. The van der Waals surface area contributed by atoms with Crippen LogP contribution in [-0.2, 0) is 0 Å². The molecule has 9 rings (SSSR count). The zero-order valence-electron chi connectivity index (χ0n) is 47.4. The Morgan fingerprint density at radius 2 is 0.930 bits per heavy atom. The second kappa shape index (κ2) is 9.44. The summed E-state index contributed by atoms with van der Waals surface area (Å²) >= 11 is 0. The minimum Gasteiger partial charge on any atom is -0.455 e. The van der Waals surface area contributed by atoms with Crippen LogP contribution in [0, 0.1) is 0 Å². The smallest absolute Gasteiger partial charge is 0.143 e. The van der Waals surface area contributed by atoms with Crippen LogP contribution >= 0.6 is 0 Å². The van der Waals surface area contributed by atoms with E-state index in [4.69, 9.17) is 27.7 Å². The summed E-state index contributed by atoms with van der Waals surface area (Å²) in [6.45, 7) is 0. The number of para-hydroxylation sites is 1. The van der Waals surface area contributed by atoms with Gasteiger partial charge in [0, 0.05) is 16.3 Å². The molecule has 0 N–H and O–H groups in total. The van der Waals surface area contributed by atoms with Crippen LogP contribution in [0.4, 0.5) is 0 Å². The van der Waals surface area contributed by atoms with E-state index in [-0.39, 0.29) is 0 Å². The zero-order chi connectivity index (χ0) is 51.0. The quantitative estimate of drug-likeness (QED) is 0.192. The minimum absolute atomic E-state index is 0.539. The van der Waals surface area contributed by atoms with E-state index in [1.54, 1.807) is 0 Å². The van der Waals surface area contributed by atoms with E-state index in [0.717, 1.165) is 0 Å². The van der Waals surface area contributed by atoms with Crippen molar-refractivity contribution in [2.24, 2.45) is 0 Å². The summed E-state index contributed by atoms with van der Waals surface area (Å²) in [5, 5.41) is -5.09. The van der Waals surface area contributed by atoms with Gasteiger partial charge in [0.05, 0.1) is 35.6 Å². The maximum atomic E-state index is 9.81. The van der Waals surface area contributed by atoms with Gasteiger partial charge in [-0.15, -0.1) is 0 Å². The van der Waals surface area contributed by atoms with Crippen LogP contribution in [0.2, 0.25) is 0 Å². The van der Waals surface area contributed by atoms with Gasteiger partial charge in [0.2, 0.25) is 0 Å². The van der Waals surface area contributed by atoms with Crippen molar-refractivity contribution in [3.8, 4) is 33.4 Å². The molecule has 0 amide bonds. The molecule has 1 nitrogen and oxygen atoms in total. The largest absolute Gasteiger partial charge is 0.455 e. The molecule has 43 heavy (non-hydrogen) atoms. The second-order valence-corrected chi connectivity index (χ2v) is 9.26. The van der Waals surface area contributed by atoms with Gasteiger partial charge < -0.3 is 4.42 Å². The topological polar surface area (TPSA) is 13.1 Å². The molecule has 0 aliphatic heterocycles. The number of furan rings is 1. The first-order chi connectivity index (χ1) is 32.2. The maximum Gasteiger partial charge on any atom is 0.143 e. The van der Waals surface area contributed by atoms with Crippen molar-refractivity contribution in [2.45, 2.75) is 0 Å². The van der Waals surface area contributed by atoms with Crippen LogP contribution in [0.1, 0.15) is 35.6 Å². The Kier molecular flexibility index (Phi) is 2.13. The molecule has 0 radical (unpaired) electrons. The van der Waals surface area contributed by atoms with Crippen molar-refractivity contribution in [3.63, 3.8) is 0 Å². The van der Waals surface area contributed by atoms with Crippen molar-refractivity contribution >= 4 is 54.3 Å². The molecule has 0 saturated heterocycles. The highest BCUT2D eigenvalue weighted by Crippen LogP contribution is 2.45. The van der Waals surface area contributed by atoms with E-state index in [0.29, 0.717) is 0 Å². The molecule has 0 bridgehead atoms. The van der Waals surface area contributed by atoms with Gasteiger partial charge in [-0.05, 0) is 78.3 Å². The van der Waals surface area contributed by atoms with Crippen LogP contribution in [0.25, 0.3) is 87.6 Å². The van der Waals surface area contributed by atoms with Crippen LogP contribution in [0.5, 0.6) is 0 Å². The molecule has 0 aliphatic rings. The highest BCUT2D eigenvalue weighted by molar-refractivity contribution is 6.22. The highest BCUT2D eigenvalue weighted by Gasteiger charge is 2.18. The SMILES string of the molecule is [2H]c1c([2H])c([2H])c(-c2c([2H])c([2H])c([2H])c3c2oc2c([2H])c([2H])c(-c4c5c([2H])c([2H])c([2H])c([2H])c5c(-c5c([2H])c([2H])c6c([2H])c([2H])c([2H])c([2H])c6c5[2H])c5c([2H])c([2H])c([2H])c([2H])c45)c([2H])c23)c([2H])c1[2H]. The first-order valence-corrected chi connectivity index (χ1v) is 12.7.